The maximum Gasteiger partial charge on any atom is 0.325 e. The number of hydrogen-bond acceptors (Lipinski definition) is 3. The van der Waals surface area contributed by atoms with Crippen LogP contribution in [-0.2, 0) is 9.53 Å². The van der Waals surface area contributed by atoms with E-state index in [9.17, 15) is 9.59 Å². The Kier molecular flexibility index (Phi) is 3.89. The first-order valence-electron chi connectivity index (χ1n) is 5.97. The van der Waals surface area contributed by atoms with Gasteiger partial charge in [0.1, 0.15) is 5.54 Å². The normalized spacial score (nSPS) is 22.5. The first kappa shape index (κ1) is 12.6. The number of carbonyl (C=O) groups excluding carboxylic acids is 2. The lowest BCUT2D eigenvalue weighted by atomic mass is 9.98. The van der Waals surface area contributed by atoms with Crippen molar-refractivity contribution < 1.29 is 14.3 Å². The smallest absolute Gasteiger partial charge is 0.325 e. The second kappa shape index (κ2) is 5.23. The van der Waals surface area contributed by atoms with Gasteiger partial charge in [-0.05, 0) is 12.8 Å². The molecule has 0 aromatic heterocycles. The quantitative estimate of drug-likeness (QED) is 0.458. The highest BCUT2D eigenvalue weighted by Crippen LogP contribution is 2.34. The molecule has 5 nitrogen and oxygen atoms in total. The van der Waals surface area contributed by atoms with Gasteiger partial charge in [0.2, 0.25) is 0 Å². The van der Waals surface area contributed by atoms with Crippen LogP contribution in [0.3, 0.4) is 0 Å². The fraction of sp³-hybridized carbons (Fsp3) is 0.818. The SMILES string of the molecule is O=C1NC2(CCCC2)C(=O)N1CCOCCCl. The summed E-state index contributed by atoms with van der Waals surface area (Å²) in [6, 6.07) is -0.286. The molecule has 1 heterocycles. The van der Waals surface area contributed by atoms with Crippen molar-refractivity contribution in [1.82, 2.24) is 10.2 Å². The predicted molar refractivity (Wildman–Crippen MR) is 63.0 cm³/mol. The first-order valence-corrected chi connectivity index (χ1v) is 6.51. The minimum Gasteiger partial charge on any atom is -0.378 e. The molecule has 3 amide bonds. The van der Waals surface area contributed by atoms with Gasteiger partial charge in [0.25, 0.3) is 5.91 Å². The van der Waals surface area contributed by atoms with E-state index >= 15 is 0 Å². The Bertz CT molecular complexity index is 316. The van der Waals surface area contributed by atoms with Gasteiger partial charge in [-0.3, -0.25) is 9.69 Å². The maximum absolute atomic E-state index is 12.2. The van der Waals surface area contributed by atoms with Crippen LogP contribution in [0.4, 0.5) is 4.79 Å². The molecule has 0 aromatic rings. The summed E-state index contributed by atoms with van der Waals surface area (Å²) < 4.78 is 5.19. The summed E-state index contributed by atoms with van der Waals surface area (Å²) >= 11 is 5.47. The number of alkyl halides is 1. The zero-order valence-corrected chi connectivity index (χ0v) is 10.5. The zero-order valence-electron chi connectivity index (χ0n) is 9.71. The monoisotopic (exact) mass is 260 g/mol. The number of urea groups is 1. The molecule has 1 N–H and O–H groups in total. The average Bonchev–Trinajstić information content (AvgIpc) is 2.85. The molecular formula is C11H17ClN2O3. The summed E-state index contributed by atoms with van der Waals surface area (Å²) in [4.78, 5) is 25.2. The van der Waals surface area contributed by atoms with Gasteiger partial charge < -0.3 is 10.1 Å². The largest absolute Gasteiger partial charge is 0.378 e. The second-order valence-electron chi connectivity index (χ2n) is 4.48. The molecule has 0 atom stereocenters. The van der Waals surface area contributed by atoms with E-state index in [0.29, 0.717) is 25.6 Å². The Morgan fingerprint density at radius 2 is 2.00 bits per heavy atom. The van der Waals surface area contributed by atoms with Crippen molar-refractivity contribution in [3.8, 4) is 0 Å². The highest BCUT2D eigenvalue weighted by Gasteiger charge is 2.52. The Hall–Kier alpha value is -0.810. The van der Waals surface area contributed by atoms with Gasteiger partial charge in [-0.2, -0.15) is 0 Å². The number of amides is 3. The third kappa shape index (κ3) is 2.40. The van der Waals surface area contributed by atoms with Crippen molar-refractivity contribution in [3.05, 3.63) is 0 Å². The lowest BCUT2D eigenvalue weighted by Crippen LogP contribution is -2.44. The lowest BCUT2D eigenvalue weighted by molar-refractivity contribution is -0.131. The molecule has 2 fully saturated rings. The molecule has 2 rings (SSSR count). The predicted octanol–water partition coefficient (Wildman–Crippen LogP) is 1.11. The number of rotatable bonds is 5. The average molecular weight is 261 g/mol. The van der Waals surface area contributed by atoms with Crippen molar-refractivity contribution in [2.24, 2.45) is 0 Å². The van der Waals surface area contributed by atoms with Gasteiger partial charge in [-0.15, -0.1) is 11.6 Å². The van der Waals surface area contributed by atoms with Crippen LogP contribution >= 0.6 is 11.6 Å². The standard InChI is InChI=1S/C11H17ClN2O3/c12-5-7-17-8-6-14-9(15)11(13-10(14)16)3-1-2-4-11/h1-8H2,(H,13,16). The highest BCUT2D eigenvalue weighted by atomic mass is 35.5. The van der Waals surface area contributed by atoms with E-state index < -0.39 is 5.54 Å². The van der Waals surface area contributed by atoms with Crippen LogP contribution in [0, 0.1) is 0 Å². The molecule has 2 aliphatic rings. The summed E-state index contributed by atoms with van der Waals surface area (Å²) in [5, 5.41) is 2.83. The highest BCUT2D eigenvalue weighted by molar-refractivity contribution is 6.17. The fourth-order valence-corrected chi connectivity index (χ4v) is 2.62. The Morgan fingerprint density at radius 1 is 1.29 bits per heavy atom. The number of ether oxygens (including phenoxy) is 1. The molecule has 1 saturated heterocycles. The van der Waals surface area contributed by atoms with E-state index in [2.05, 4.69) is 5.32 Å². The van der Waals surface area contributed by atoms with Crippen LogP contribution in [-0.4, -0.2) is 48.0 Å². The van der Waals surface area contributed by atoms with Gasteiger partial charge in [-0.25, -0.2) is 4.79 Å². The third-order valence-corrected chi connectivity index (χ3v) is 3.54. The molecule has 0 unspecified atom stereocenters. The number of imide groups is 1. The first-order chi connectivity index (χ1) is 8.19. The maximum atomic E-state index is 12.2. The molecule has 17 heavy (non-hydrogen) atoms. The van der Waals surface area contributed by atoms with Gasteiger partial charge in [0.05, 0.1) is 19.8 Å². The fourth-order valence-electron chi connectivity index (χ4n) is 2.51. The molecule has 1 spiro atoms. The van der Waals surface area contributed by atoms with E-state index in [1.54, 1.807) is 0 Å². The molecule has 1 aliphatic carbocycles. The van der Waals surface area contributed by atoms with Gasteiger partial charge in [-0.1, -0.05) is 12.8 Å². The third-order valence-electron chi connectivity index (χ3n) is 3.38. The van der Waals surface area contributed by atoms with Crippen LogP contribution in [0.25, 0.3) is 0 Å². The van der Waals surface area contributed by atoms with E-state index in [0.717, 1.165) is 25.7 Å². The molecule has 0 aromatic carbocycles. The molecule has 0 bridgehead atoms. The Morgan fingerprint density at radius 3 is 2.65 bits per heavy atom. The van der Waals surface area contributed by atoms with Crippen LogP contribution in [0.1, 0.15) is 25.7 Å². The summed E-state index contributed by atoms with van der Waals surface area (Å²) in [6.45, 7) is 1.10. The topological polar surface area (TPSA) is 58.6 Å². The molecular weight excluding hydrogens is 244 g/mol. The van der Waals surface area contributed by atoms with Gasteiger partial charge in [0.15, 0.2) is 0 Å². The number of nitrogens with one attached hydrogen (secondary N) is 1. The van der Waals surface area contributed by atoms with E-state index in [1.165, 1.54) is 4.90 Å². The number of carbonyl (C=O) groups is 2. The van der Waals surface area contributed by atoms with Crippen LogP contribution in [0.5, 0.6) is 0 Å². The van der Waals surface area contributed by atoms with E-state index in [4.69, 9.17) is 16.3 Å². The van der Waals surface area contributed by atoms with Crippen molar-refractivity contribution in [2.45, 2.75) is 31.2 Å². The molecule has 0 radical (unpaired) electrons. The number of hydrogen-bond donors (Lipinski definition) is 1. The summed E-state index contributed by atoms with van der Waals surface area (Å²) in [5.41, 5.74) is -0.608. The Labute approximate surface area is 105 Å². The summed E-state index contributed by atoms with van der Waals surface area (Å²) in [6.07, 6.45) is 3.53. The zero-order chi connectivity index (χ0) is 12.3. The summed E-state index contributed by atoms with van der Waals surface area (Å²) in [7, 11) is 0. The van der Waals surface area contributed by atoms with Crippen molar-refractivity contribution in [1.29, 1.82) is 0 Å². The van der Waals surface area contributed by atoms with Gasteiger partial charge >= 0.3 is 6.03 Å². The minimum atomic E-state index is -0.608. The minimum absolute atomic E-state index is 0.0885. The molecule has 96 valence electrons. The van der Waals surface area contributed by atoms with Crippen LogP contribution < -0.4 is 5.32 Å². The lowest BCUT2D eigenvalue weighted by Gasteiger charge is -2.19. The van der Waals surface area contributed by atoms with E-state index in [-0.39, 0.29) is 11.9 Å². The molecule has 6 heteroatoms. The number of halogens is 1. The molecule has 1 aliphatic heterocycles. The number of nitrogens with zero attached hydrogens (tertiary/aromatic N) is 1. The Balaban J connectivity index is 1.90. The second-order valence-corrected chi connectivity index (χ2v) is 4.86. The van der Waals surface area contributed by atoms with Crippen molar-refractivity contribution in [2.75, 3.05) is 25.6 Å². The van der Waals surface area contributed by atoms with Gasteiger partial charge in [0, 0.05) is 5.88 Å². The van der Waals surface area contributed by atoms with Crippen LogP contribution in [0.2, 0.25) is 0 Å². The van der Waals surface area contributed by atoms with Crippen LogP contribution in [0.15, 0.2) is 0 Å². The van der Waals surface area contributed by atoms with Crippen molar-refractivity contribution in [3.63, 3.8) is 0 Å². The van der Waals surface area contributed by atoms with Crippen molar-refractivity contribution >= 4 is 23.5 Å². The molecule has 1 saturated carbocycles. The van der Waals surface area contributed by atoms with E-state index in [1.807, 2.05) is 0 Å². The summed E-state index contributed by atoms with van der Waals surface area (Å²) in [5.74, 6) is 0.332.